The molecule has 2 aromatic carbocycles. The van der Waals surface area contributed by atoms with Gasteiger partial charge in [0.05, 0.1) is 15.3 Å². The van der Waals surface area contributed by atoms with Crippen LogP contribution in [0.25, 0.3) is 10.4 Å². The Bertz CT molecular complexity index is 939. The van der Waals surface area contributed by atoms with Crippen molar-refractivity contribution < 1.29 is 9.59 Å². The average Bonchev–Trinajstić information content (AvgIpc) is 3.11. The molecule has 3 aromatic rings. The molecule has 1 heterocycles. The number of benzene rings is 2. The largest absolute Gasteiger partial charge is 0.289 e. The van der Waals surface area contributed by atoms with Crippen molar-refractivity contribution in [2.75, 3.05) is 6.26 Å². The highest BCUT2D eigenvalue weighted by molar-refractivity contribution is 8.00. The minimum Gasteiger partial charge on any atom is -0.289 e. The molecule has 1 aliphatic rings. The Kier molecular flexibility index (Phi) is 3.43. The maximum atomic E-state index is 13.0. The lowest BCUT2D eigenvalue weighted by Gasteiger charge is -2.04. The Labute approximate surface area is 142 Å². The third-order valence-corrected chi connectivity index (χ3v) is 6.31. The van der Waals surface area contributed by atoms with E-state index >= 15 is 0 Å². The molecule has 0 atom stereocenters. The van der Waals surface area contributed by atoms with Crippen LogP contribution in [0.1, 0.15) is 31.8 Å². The number of rotatable bonds is 3. The summed E-state index contributed by atoms with van der Waals surface area (Å²) in [4.78, 5) is 26.7. The fourth-order valence-corrected chi connectivity index (χ4v) is 4.96. The third kappa shape index (κ3) is 2.10. The molecule has 1 aliphatic carbocycles. The van der Waals surface area contributed by atoms with Crippen LogP contribution in [0.4, 0.5) is 0 Å². The summed E-state index contributed by atoms with van der Waals surface area (Å²) in [5, 5.41) is 0. The van der Waals surface area contributed by atoms with Crippen LogP contribution in [0, 0.1) is 0 Å². The molecule has 1 aromatic heterocycles. The SMILES string of the molecule is CSc1sc2c(c1C(=O)c1ccccc1)C(=O)c1ccccc1-2. The third-order valence-electron chi connectivity index (χ3n) is 3.97. The van der Waals surface area contributed by atoms with E-state index in [9.17, 15) is 9.59 Å². The van der Waals surface area contributed by atoms with Crippen molar-refractivity contribution in [3.05, 3.63) is 76.9 Å². The Morgan fingerprint density at radius 3 is 2.30 bits per heavy atom. The Balaban J connectivity index is 1.95. The minimum atomic E-state index is -0.0754. The zero-order valence-corrected chi connectivity index (χ0v) is 14.0. The van der Waals surface area contributed by atoms with Gasteiger partial charge >= 0.3 is 0 Å². The smallest absolute Gasteiger partial charge is 0.195 e. The lowest BCUT2D eigenvalue weighted by molar-refractivity contribution is 0.100. The molecule has 0 bridgehead atoms. The maximum absolute atomic E-state index is 13.0. The summed E-state index contributed by atoms with van der Waals surface area (Å²) in [5.41, 5.74) is 3.40. The van der Waals surface area contributed by atoms with Crippen molar-refractivity contribution in [3.63, 3.8) is 0 Å². The fraction of sp³-hybridized carbons (Fsp3) is 0.0526. The van der Waals surface area contributed by atoms with Crippen molar-refractivity contribution in [1.29, 1.82) is 0 Å². The van der Waals surface area contributed by atoms with Gasteiger partial charge in [-0.05, 0) is 6.26 Å². The monoisotopic (exact) mass is 336 g/mol. The van der Waals surface area contributed by atoms with E-state index in [2.05, 4.69) is 0 Å². The number of fused-ring (bicyclic) bond motifs is 3. The summed E-state index contributed by atoms with van der Waals surface area (Å²) in [5.74, 6) is -0.111. The van der Waals surface area contributed by atoms with Gasteiger partial charge in [0, 0.05) is 21.6 Å². The summed E-state index contributed by atoms with van der Waals surface area (Å²) in [7, 11) is 0. The summed E-state index contributed by atoms with van der Waals surface area (Å²) >= 11 is 3.06. The van der Waals surface area contributed by atoms with E-state index in [0.29, 0.717) is 22.3 Å². The van der Waals surface area contributed by atoms with E-state index in [1.807, 2.05) is 48.7 Å². The molecule has 0 saturated carbocycles. The topological polar surface area (TPSA) is 34.1 Å². The number of carbonyl (C=O) groups excluding carboxylic acids is 2. The number of ketones is 2. The van der Waals surface area contributed by atoms with Crippen LogP contribution < -0.4 is 0 Å². The van der Waals surface area contributed by atoms with E-state index in [-0.39, 0.29) is 11.6 Å². The standard InChI is InChI=1S/C19H12O2S2/c1-22-19-15(16(20)11-7-3-2-4-8-11)14-17(21)12-9-5-6-10-13(12)18(14)23-19/h2-10H,1H3. The zero-order valence-electron chi connectivity index (χ0n) is 12.3. The van der Waals surface area contributed by atoms with Crippen LogP contribution >= 0.6 is 23.1 Å². The molecule has 0 aliphatic heterocycles. The summed E-state index contributed by atoms with van der Waals surface area (Å²) < 4.78 is 0.909. The van der Waals surface area contributed by atoms with Gasteiger partial charge in [-0.2, -0.15) is 0 Å². The van der Waals surface area contributed by atoms with Gasteiger partial charge in [0.15, 0.2) is 11.6 Å². The minimum absolute atomic E-state index is 0.0357. The molecule has 0 N–H and O–H groups in total. The van der Waals surface area contributed by atoms with Gasteiger partial charge in [-0.1, -0.05) is 54.6 Å². The first-order chi connectivity index (χ1) is 11.2. The first-order valence-electron chi connectivity index (χ1n) is 7.17. The normalized spacial score (nSPS) is 12.1. The second kappa shape index (κ2) is 5.48. The Morgan fingerprint density at radius 2 is 1.61 bits per heavy atom. The van der Waals surface area contributed by atoms with Crippen molar-refractivity contribution in [2.24, 2.45) is 0 Å². The molecule has 0 fully saturated rings. The van der Waals surface area contributed by atoms with Crippen molar-refractivity contribution in [3.8, 4) is 10.4 Å². The quantitative estimate of drug-likeness (QED) is 0.394. The highest BCUT2D eigenvalue weighted by Crippen LogP contribution is 2.48. The van der Waals surface area contributed by atoms with Crippen LogP contribution in [0.5, 0.6) is 0 Å². The average molecular weight is 336 g/mol. The molecule has 2 nitrogen and oxygen atoms in total. The van der Waals surface area contributed by atoms with Gasteiger partial charge in [0.1, 0.15) is 0 Å². The molecule has 0 spiro atoms. The fourth-order valence-electron chi connectivity index (χ4n) is 2.91. The Hall–Kier alpha value is -2.17. The molecule has 112 valence electrons. The molecule has 0 saturated heterocycles. The van der Waals surface area contributed by atoms with Crippen molar-refractivity contribution in [1.82, 2.24) is 0 Å². The molecule has 0 amide bonds. The molecule has 0 unspecified atom stereocenters. The molecule has 4 rings (SSSR count). The lowest BCUT2D eigenvalue weighted by atomic mass is 10.00. The zero-order chi connectivity index (χ0) is 16.0. The number of thioether (sulfide) groups is 1. The van der Waals surface area contributed by atoms with E-state index in [4.69, 9.17) is 0 Å². The first kappa shape index (κ1) is 14.4. The molecule has 0 radical (unpaired) electrons. The van der Waals surface area contributed by atoms with Gasteiger partial charge in [0.2, 0.25) is 0 Å². The van der Waals surface area contributed by atoms with Crippen LogP contribution in [0.2, 0.25) is 0 Å². The number of hydrogen-bond acceptors (Lipinski definition) is 4. The van der Waals surface area contributed by atoms with Crippen LogP contribution in [0.15, 0.2) is 58.8 Å². The predicted octanol–water partition coefficient (Wildman–Crippen LogP) is 4.91. The molecular formula is C19H12O2S2. The van der Waals surface area contributed by atoms with Crippen LogP contribution in [-0.4, -0.2) is 17.8 Å². The van der Waals surface area contributed by atoms with Crippen LogP contribution in [-0.2, 0) is 0 Å². The molecular weight excluding hydrogens is 324 g/mol. The molecule has 23 heavy (non-hydrogen) atoms. The van der Waals surface area contributed by atoms with Crippen molar-refractivity contribution >= 4 is 34.7 Å². The van der Waals surface area contributed by atoms with E-state index in [0.717, 1.165) is 14.6 Å². The van der Waals surface area contributed by atoms with E-state index in [1.165, 1.54) is 23.1 Å². The molecule has 4 heteroatoms. The van der Waals surface area contributed by atoms with Gasteiger partial charge in [-0.15, -0.1) is 23.1 Å². The maximum Gasteiger partial charge on any atom is 0.195 e. The second-order valence-corrected chi connectivity index (χ2v) is 7.34. The van der Waals surface area contributed by atoms with Gasteiger partial charge in [0.25, 0.3) is 0 Å². The number of thiophene rings is 1. The predicted molar refractivity (Wildman–Crippen MR) is 94.8 cm³/mol. The highest BCUT2D eigenvalue weighted by atomic mass is 32.2. The number of hydrogen-bond donors (Lipinski definition) is 0. The lowest BCUT2D eigenvalue weighted by Crippen LogP contribution is -2.07. The van der Waals surface area contributed by atoms with Gasteiger partial charge in [-0.25, -0.2) is 0 Å². The summed E-state index contributed by atoms with van der Waals surface area (Å²) in [6.45, 7) is 0. The second-order valence-electron chi connectivity index (χ2n) is 5.24. The summed E-state index contributed by atoms with van der Waals surface area (Å²) in [6.07, 6.45) is 1.94. The van der Waals surface area contributed by atoms with Gasteiger partial charge in [-0.3, -0.25) is 9.59 Å². The van der Waals surface area contributed by atoms with E-state index in [1.54, 1.807) is 12.1 Å². The van der Waals surface area contributed by atoms with E-state index < -0.39 is 0 Å². The highest BCUT2D eigenvalue weighted by Gasteiger charge is 2.35. The van der Waals surface area contributed by atoms with Crippen LogP contribution in [0.3, 0.4) is 0 Å². The number of carbonyl (C=O) groups is 2. The van der Waals surface area contributed by atoms with Crippen molar-refractivity contribution in [2.45, 2.75) is 4.21 Å². The summed E-state index contributed by atoms with van der Waals surface area (Å²) in [6, 6.07) is 16.7. The Morgan fingerprint density at radius 1 is 0.957 bits per heavy atom. The first-order valence-corrected chi connectivity index (χ1v) is 9.21. The van der Waals surface area contributed by atoms with Gasteiger partial charge < -0.3 is 0 Å².